The van der Waals surface area contributed by atoms with E-state index >= 15 is 0 Å². The summed E-state index contributed by atoms with van der Waals surface area (Å²) in [6.45, 7) is 1.28. The molecular formula is C6H11N3O2. The third-order valence-corrected chi connectivity index (χ3v) is 0.999. The zero-order chi connectivity index (χ0) is 8.85. The van der Waals surface area contributed by atoms with E-state index in [-0.39, 0.29) is 11.5 Å². The van der Waals surface area contributed by atoms with Gasteiger partial charge in [-0.3, -0.25) is 9.59 Å². The number of carbonyl (C=O) groups is 2. The Bertz CT molecular complexity index is 198. The number of ketones is 1. The van der Waals surface area contributed by atoms with Gasteiger partial charge in [0.1, 0.15) is 0 Å². The number of carbonyl (C=O) groups excluding carboxylic acids is 2. The molecule has 0 unspecified atom stereocenters. The summed E-state index contributed by atoms with van der Waals surface area (Å²) in [7, 11) is 2.96. The van der Waals surface area contributed by atoms with E-state index in [1.165, 1.54) is 21.0 Å². The third kappa shape index (κ3) is 2.79. The molecule has 0 fully saturated rings. The van der Waals surface area contributed by atoms with E-state index in [2.05, 4.69) is 15.8 Å². The van der Waals surface area contributed by atoms with E-state index in [1.54, 1.807) is 0 Å². The second-order valence-electron chi connectivity index (χ2n) is 1.82. The Morgan fingerprint density at radius 1 is 1.27 bits per heavy atom. The van der Waals surface area contributed by atoms with Crippen LogP contribution < -0.4 is 10.7 Å². The Kier molecular flexibility index (Phi) is 3.87. The van der Waals surface area contributed by atoms with Crippen LogP contribution in [0.15, 0.2) is 5.10 Å². The van der Waals surface area contributed by atoms with Crippen LogP contribution in [0.3, 0.4) is 0 Å². The molecule has 62 valence electrons. The quantitative estimate of drug-likeness (QED) is 0.310. The molecule has 5 heteroatoms. The third-order valence-electron chi connectivity index (χ3n) is 0.999. The van der Waals surface area contributed by atoms with Crippen molar-refractivity contribution in [2.45, 2.75) is 6.92 Å². The summed E-state index contributed by atoms with van der Waals surface area (Å²) in [4.78, 5) is 21.5. The minimum absolute atomic E-state index is 0.116. The van der Waals surface area contributed by atoms with Gasteiger partial charge in [0.05, 0.1) is 0 Å². The number of hydrogen-bond donors (Lipinski definition) is 2. The van der Waals surface area contributed by atoms with Crippen LogP contribution in [0.5, 0.6) is 0 Å². The molecule has 0 spiro atoms. The molecule has 0 heterocycles. The highest BCUT2D eigenvalue weighted by Crippen LogP contribution is 1.79. The normalized spacial score (nSPS) is 10.6. The summed E-state index contributed by atoms with van der Waals surface area (Å²) in [5.74, 6) is -0.842. The summed E-state index contributed by atoms with van der Waals surface area (Å²) >= 11 is 0. The van der Waals surface area contributed by atoms with E-state index in [0.29, 0.717) is 0 Å². The van der Waals surface area contributed by atoms with Gasteiger partial charge in [-0.25, -0.2) is 0 Å². The number of nitrogens with one attached hydrogen (secondary N) is 2. The summed E-state index contributed by atoms with van der Waals surface area (Å²) in [5.41, 5.74) is 2.25. The largest absolute Gasteiger partial charge is 0.354 e. The Morgan fingerprint density at radius 3 is 2.09 bits per heavy atom. The maximum atomic E-state index is 10.8. The lowest BCUT2D eigenvalue weighted by Gasteiger charge is -1.98. The van der Waals surface area contributed by atoms with Crippen molar-refractivity contribution in [2.75, 3.05) is 14.1 Å². The van der Waals surface area contributed by atoms with Crippen LogP contribution >= 0.6 is 0 Å². The molecule has 0 atom stereocenters. The standard InChI is InChI=1S/C6H11N3O2/c1-4(10)5(9-8-3)6(11)7-2/h8H,1-3H3,(H,7,11)/b9-5-. The van der Waals surface area contributed by atoms with Crippen LogP contribution in [0, 0.1) is 0 Å². The molecule has 0 saturated heterocycles. The highest BCUT2D eigenvalue weighted by molar-refractivity contribution is 6.65. The van der Waals surface area contributed by atoms with Gasteiger partial charge in [-0.15, -0.1) is 0 Å². The van der Waals surface area contributed by atoms with Crippen molar-refractivity contribution >= 4 is 17.4 Å². The number of Topliss-reactive ketones (excluding diaryl/α,β-unsaturated/α-hetero) is 1. The van der Waals surface area contributed by atoms with Gasteiger partial charge in [0, 0.05) is 21.0 Å². The molecule has 0 rings (SSSR count). The molecule has 1 amide bonds. The second kappa shape index (κ2) is 4.43. The van der Waals surface area contributed by atoms with Gasteiger partial charge in [0.2, 0.25) is 0 Å². The topological polar surface area (TPSA) is 70.6 Å². The molecular weight excluding hydrogens is 146 g/mol. The molecule has 0 radical (unpaired) electrons. The lowest BCUT2D eigenvalue weighted by Crippen LogP contribution is -2.33. The van der Waals surface area contributed by atoms with Gasteiger partial charge in [-0.2, -0.15) is 5.10 Å². The number of hydrazone groups is 1. The summed E-state index contributed by atoms with van der Waals surface area (Å²) < 4.78 is 0. The second-order valence-corrected chi connectivity index (χ2v) is 1.82. The highest BCUT2D eigenvalue weighted by atomic mass is 16.2. The highest BCUT2D eigenvalue weighted by Gasteiger charge is 2.13. The van der Waals surface area contributed by atoms with Crippen LogP contribution in [0.1, 0.15) is 6.92 Å². The SMILES string of the molecule is CN/N=C(/C(C)=O)C(=O)NC. The molecule has 2 N–H and O–H groups in total. The molecule has 0 aliphatic heterocycles. The first-order valence-corrected chi connectivity index (χ1v) is 3.11. The first-order valence-electron chi connectivity index (χ1n) is 3.11. The minimum atomic E-state index is -0.480. The average Bonchev–Trinajstić information content (AvgIpc) is 1.98. The van der Waals surface area contributed by atoms with Crippen molar-refractivity contribution in [2.24, 2.45) is 5.10 Å². The van der Waals surface area contributed by atoms with Gasteiger partial charge in [-0.05, 0) is 0 Å². The zero-order valence-electron chi connectivity index (χ0n) is 6.76. The van der Waals surface area contributed by atoms with Crippen LogP contribution in [0.4, 0.5) is 0 Å². The van der Waals surface area contributed by atoms with Gasteiger partial charge < -0.3 is 10.7 Å². The molecule has 0 saturated carbocycles. The van der Waals surface area contributed by atoms with E-state index in [4.69, 9.17) is 0 Å². The summed E-state index contributed by atoms with van der Waals surface area (Å²) in [6, 6.07) is 0. The lowest BCUT2D eigenvalue weighted by molar-refractivity contribution is -0.117. The van der Waals surface area contributed by atoms with Gasteiger partial charge in [-0.1, -0.05) is 0 Å². The smallest absolute Gasteiger partial charge is 0.275 e. The zero-order valence-corrected chi connectivity index (χ0v) is 6.76. The van der Waals surface area contributed by atoms with Crippen LogP contribution in [-0.2, 0) is 9.59 Å². The van der Waals surface area contributed by atoms with E-state index in [0.717, 1.165) is 0 Å². The van der Waals surface area contributed by atoms with Gasteiger partial charge >= 0.3 is 0 Å². The fraction of sp³-hybridized carbons (Fsp3) is 0.500. The van der Waals surface area contributed by atoms with Gasteiger partial charge in [0.15, 0.2) is 11.5 Å². The maximum Gasteiger partial charge on any atom is 0.275 e. The van der Waals surface area contributed by atoms with Crippen LogP contribution in [-0.4, -0.2) is 31.5 Å². The van der Waals surface area contributed by atoms with Crippen molar-refractivity contribution < 1.29 is 9.59 Å². The number of amides is 1. The number of rotatable bonds is 3. The molecule has 0 bridgehead atoms. The minimum Gasteiger partial charge on any atom is -0.354 e. The first-order chi connectivity index (χ1) is 5.13. The number of hydrogen-bond acceptors (Lipinski definition) is 4. The maximum absolute atomic E-state index is 10.8. The molecule has 0 aromatic carbocycles. The van der Waals surface area contributed by atoms with E-state index in [1.807, 2.05) is 0 Å². The number of nitrogens with zero attached hydrogens (tertiary/aromatic N) is 1. The predicted octanol–water partition coefficient (Wildman–Crippen LogP) is -1.10. The predicted molar refractivity (Wildman–Crippen MR) is 41.2 cm³/mol. The van der Waals surface area contributed by atoms with Crippen LogP contribution in [0.2, 0.25) is 0 Å². The fourth-order valence-electron chi connectivity index (χ4n) is 0.520. The molecule has 0 aliphatic rings. The van der Waals surface area contributed by atoms with E-state index in [9.17, 15) is 9.59 Å². The summed E-state index contributed by atoms with van der Waals surface area (Å²) in [5, 5.41) is 5.80. The molecule has 0 aromatic rings. The Hall–Kier alpha value is -1.39. The fourth-order valence-corrected chi connectivity index (χ4v) is 0.520. The lowest BCUT2D eigenvalue weighted by atomic mass is 10.2. The van der Waals surface area contributed by atoms with Crippen molar-refractivity contribution in [3.05, 3.63) is 0 Å². The molecule has 0 aliphatic carbocycles. The molecule has 5 nitrogen and oxygen atoms in total. The Labute approximate surface area is 64.9 Å². The van der Waals surface area contributed by atoms with Crippen LogP contribution in [0.25, 0.3) is 0 Å². The van der Waals surface area contributed by atoms with Crippen molar-refractivity contribution in [3.8, 4) is 0 Å². The Balaban J connectivity index is 4.48. The average molecular weight is 157 g/mol. The first kappa shape index (κ1) is 9.61. The van der Waals surface area contributed by atoms with Crippen molar-refractivity contribution in [1.29, 1.82) is 0 Å². The molecule has 0 aromatic heterocycles. The van der Waals surface area contributed by atoms with Crippen molar-refractivity contribution in [3.63, 3.8) is 0 Å². The van der Waals surface area contributed by atoms with E-state index < -0.39 is 5.91 Å². The van der Waals surface area contributed by atoms with Crippen molar-refractivity contribution in [1.82, 2.24) is 10.7 Å². The monoisotopic (exact) mass is 157 g/mol. The molecule has 11 heavy (non-hydrogen) atoms. The van der Waals surface area contributed by atoms with Gasteiger partial charge in [0.25, 0.3) is 5.91 Å². The summed E-state index contributed by atoms with van der Waals surface area (Å²) in [6.07, 6.45) is 0. The Morgan fingerprint density at radius 2 is 1.82 bits per heavy atom.